The lowest BCUT2D eigenvalue weighted by Gasteiger charge is -2.34. The lowest BCUT2D eigenvalue weighted by atomic mass is 10.2. The summed E-state index contributed by atoms with van der Waals surface area (Å²) >= 11 is 1.38. The summed E-state index contributed by atoms with van der Waals surface area (Å²) in [4.78, 5) is 26.2. The SMILES string of the molecule is Cc1nc2c3ccccc3nc(SCC(=O)N3CCN(Cc4ccccc4F)CC3)n2n1. The molecule has 0 atom stereocenters. The first-order chi connectivity index (χ1) is 15.6. The van der Waals surface area contributed by atoms with Gasteiger partial charge in [-0.1, -0.05) is 42.1 Å². The van der Waals surface area contributed by atoms with E-state index in [0.29, 0.717) is 36.2 Å². The number of carbonyl (C=O) groups is 1. The van der Waals surface area contributed by atoms with Crippen LogP contribution in [0.15, 0.2) is 53.7 Å². The molecule has 1 aliphatic heterocycles. The van der Waals surface area contributed by atoms with Crippen molar-refractivity contribution < 1.29 is 9.18 Å². The van der Waals surface area contributed by atoms with Gasteiger partial charge >= 0.3 is 0 Å². The number of nitrogens with zero attached hydrogens (tertiary/aromatic N) is 6. The highest BCUT2D eigenvalue weighted by molar-refractivity contribution is 7.99. The molecule has 7 nitrogen and oxygen atoms in total. The van der Waals surface area contributed by atoms with Crippen LogP contribution in [-0.4, -0.2) is 67.2 Å². The number of aromatic nitrogens is 4. The predicted molar refractivity (Wildman–Crippen MR) is 122 cm³/mol. The summed E-state index contributed by atoms with van der Waals surface area (Å²) in [5.41, 5.74) is 2.28. The Hall–Kier alpha value is -3.04. The van der Waals surface area contributed by atoms with Gasteiger partial charge in [0.1, 0.15) is 11.6 Å². The molecule has 164 valence electrons. The Labute approximate surface area is 189 Å². The average molecular weight is 451 g/mol. The number of hydrogen-bond donors (Lipinski definition) is 0. The second-order valence-electron chi connectivity index (χ2n) is 7.84. The normalized spacial score (nSPS) is 15.0. The van der Waals surface area contributed by atoms with Crippen LogP contribution in [0.25, 0.3) is 16.6 Å². The molecule has 0 radical (unpaired) electrons. The molecule has 0 aliphatic carbocycles. The number of thioether (sulfide) groups is 1. The van der Waals surface area contributed by atoms with Crippen molar-refractivity contribution in [3.8, 4) is 0 Å². The third kappa shape index (κ3) is 4.18. The zero-order chi connectivity index (χ0) is 22.1. The molecule has 3 heterocycles. The van der Waals surface area contributed by atoms with Crippen molar-refractivity contribution in [1.82, 2.24) is 29.4 Å². The van der Waals surface area contributed by atoms with E-state index in [9.17, 15) is 9.18 Å². The number of hydrogen-bond acceptors (Lipinski definition) is 6. The Morgan fingerprint density at radius 3 is 2.59 bits per heavy atom. The van der Waals surface area contributed by atoms with Gasteiger partial charge in [-0.2, -0.15) is 4.52 Å². The Morgan fingerprint density at radius 1 is 1.03 bits per heavy atom. The van der Waals surface area contributed by atoms with Gasteiger partial charge in [-0.25, -0.2) is 14.4 Å². The van der Waals surface area contributed by atoms with Crippen LogP contribution in [0.4, 0.5) is 4.39 Å². The number of amides is 1. The maximum Gasteiger partial charge on any atom is 0.233 e. The van der Waals surface area contributed by atoms with Crippen LogP contribution in [0.3, 0.4) is 0 Å². The number of benzene rings is 2. The van der Waals surface area contributed by atoms with Gasteiger partial charge in [0.15, 0.2) is 10.8 Å². The molecule has 4 aromatic rings. The lowest BCUT2D eigenvalue weighted by Crippen LogP contribution is -2.48. The third-order valence-electron chi connectivity index (χ3n) is 5.66. The first-order valence-corrected chi connectivity index (χ1v) is 11.6. The first-order valence-electron chi connectivity index (χ1n) is 10.6. The Morgan fingerprint density at radius 2 is 1.78 bits per heavy atom. The molecule has 0 saturated carbocycles. The maximum atomic E-state index is 13.9. The molecule has 0 spiro atoms. The standard InChI is InChI=1S/C23H23FN6OS/c1-16-25-22-18-7-3-5-9-20(18)26-23(30(22)27-16)32-15-21(31)29-12-10-28(11-13-29)14-17-6-2-4-8-19(17)24/h2-9H,10-15H2,1H3. The van der Waals surface area contributed by atoms with Crippen LogP contribution in [0, 0.1) is 12.7 Å². The molecule has 9 heteroatoms. The van der Waals surface area contributed by atoms with Gasteiger partial charge in [0.2, 0.25) is 5.91 Å². The van der Waals surface area contributed by atoms with E-state index in [1.807, 2.05) is 48.2 Å². The number of fused-ring (bicyclic) bond motifs is 3. The van der Waals surface area contributed by atoms with Crippen molar-refractivity contribution in [2.24, 2.45) is 0 Å². The topological polar surface area (TPSA) is 66.6 Å². The van der Waals surface area contributed by atoms with Gasteiger partial charge in [0, 0.05) is 43.7 Å². The first kappa shape index (κ1) is 20.8. The quantitative estimate of drug-likeness (QED) is 0.344. The Bertz CT molecular complexity index is 1280. The van der Waals surface area contributed by atoms with Crippen LogP contribution in [0.2, 0.25) is 0 Å². The van der Waals surface area contributed by atoms with Gasteiger partial charge in [-0.3, -0.25) is 9.69 Å². The van der Waals surface area contributed by atoms with Crippen LogP contribution >= 0.6 is 11.8 Å². The zero-order valence-electron chi connectivity index (χ0n) is 17.7. The minimum absolute atomic E-state index is 0.0699. The molecule has 2 aromatic carbocycles. The number of halogens is 1. The molecule has 1 aliphatic rings. The summed E-state index contributed by atoms with van der Waals surface area (Å²) in [6.45, 7) is 5.14. The van der Waals surface area contributed by atoms with Crippen molar-refractivity contribution in [2.75, 3.05) is 31.9 Å². The number of rotatable bonds is 5. The zero-order valence-corrected chi connectivity index (χ0v) is 18.6. The van der Waals surface area contributed by atoms with Gasteiger partial charge in [-0.15, -0.1) is 5.10 Å². The molecule has 2 aromatic heterocycles. The van der Waals surface area contributed by atoms with E-state index < -0.39 is 0 Å². The molecule has 0 bridgehead atoms. The second-order valence-corrected chi connectivity index (χ2v) is 8.79. The van der Waals surface area contributed by atoms with Gasteiger partial charge in [0.25, 0.3) is 0 Å². The maximum absolute atomic E-state index is 13.9. The minimum atomic E-state index is -0.181. The largest absolute Gasteiger partial charge is 0.339 e. The van der Waals surface area contributed by atoms with E-state index in [2.05, 4.69) is 15.0 Å². The summed E-state index contributed by atoms with van der Waals surface area (Å²) in [5, 5.41) is 6.07. The number of carbonyl (C=O) groups excluding carboxylic acids is 1. The highest BCUT2D eigenvalue weighted by Gasteiger charge is 2.22. The number of aryl methyl sites for hydroxylation is 1. The van der Waals surface area contributed by atoms with Gasteiger partial charge in [-0.05, 0) is 25.1 Å². The van der Waals surface area contributed by atoms with Crippen LogP contribution in [-0.2, 0) is 11.3 Å². The Kier molecular flexibility index (Phi) is 5.75. The fourth-order valence-electron chi connectivity index (χ4n) is 3.97. The number of piperazine rings is 1. The van der Waals surface area contributed by atoms with Crippen LogP contribution in [0.1, 0.15) is 11.4 Å². The van der Waals surface area contributed by atoms with Crippen molar-refractivity contribution >= 4 is 34.2 Å². The van der Waals surface area contributed by atoms with Crippen molar-refractivity contribution in [1.29, 1.82) is 0 Å². The van der Waals surface area contributed by atoms with E-state index >= 15 is 0 Å². The second kappa shape index (κ2) is 8.84. The highest BCUT2D eigenvalue weighted by Crippen LogP contribution is 2.24. The van der Waals surface area contributed by atoms with Crippen molar-refractivity contribution in [3.63, 3.8) is 0 Å². The van der Waals surface area contributed by atoms with Gasteiger partial charge < -0.3 is 4.90 Å². The molecule has 0 unspecified atom stereocenters. The van der Waals surface area contributed by atoms with Crippen LogP contribution < -0.4 is 0 Å². The fraction of sp³-hybridized carbons (Fsp3) is 0.304. The predicted octanol–water partition coefficient (Wildman–Crippen LogP) is 3.16. The summed E-state index contributed by atoms with van der Waals surface area (Å²) in [5.74, 6) is 0.842. The molecule has 1 fully saturated rings. The molecular weight excluding hydrogens is 427 g/mol. The van der Waals surface area contributed by atoms with E-state index in [1.54, 1.807) is 10.6 Å². The van der Waals surface area contributed by atoms with E-state index in [-0.39, 0.29) is 17.5 Å². The van der Waals surface area contributed by atoms with Crippen molar-refractivity contribution in [3.05, 3.63) is 65.7 Å². The van der Waals surface area contributed by atoms with Crippen LogP contribution in [0.5, 0.6) is 0 Å². The molecule has 1 amide bonds. The Balaban J connectivity index is 1.23. The van der Waals surface area contributed by atoms with Gasteiger partial charge in [0.05, 0.1) is 11.3 Å². The lowest BCUT2D eigenvalue weighted by molar-refractivity contribution is -0.130. The monoisotopic (exact) mass is 450 g/mol. The highest BCUT2D eigenvalue weighted by atomic mass is 32.2. The van der Waals surface area contributed by atoms with E-state index in [4.69, 9.17) is 4.98 Å². The molecular formula is C23H23FN6OS. The van der Waals surface area contributed by atoms with E-state index in [0.717, 1.165) is 29.6 Å². The molecule has 5 rings (SSSR count). The van der Waals surface area contributed by atoms with Crippen molar-refractivity contribution in [2.45, 2.75) is 18.6 Å². The summed E-state index contributed by atoms with van der Waals surface area (Å²) in [6, 6.07) is 14.7. The molecule has 0 N–H and O–H groups in total. The fourth-order valence-corrected chi connectivity index (χ4v) is 4.81. The number of para-hydroxylation sites is 1. The molecule has 1 saturated heterocycles. The average Bonchev–Trinajstić information content (AvgIpc) is 3.21. The molecule has 32 heavy (non-hydrogen) atoms. The third-order valence-corrected chi connectivity index (χ3v) is 6.57. The summed E-state index contributed by atoms with van der Waals surface area (Å²) < 4.78 is 15.6. The smallest absolute Gasteiger partial charge is 0.233 e. The minimum Gasteiger partial charge on any atom is -0.339 e. The summed E-state index contributed by atoms with van der Waals surface area (Å²) in [6.07, 6.45) is 0. The summed E-state index contributed by atoms with van der Waals surface area (Å²) in [7, 11) is 0. The van der Waals surface area contributed by atoms with E-state index in [1.165, 1.54) is 17.8 Å².